The first kappa shape index (κ1) is 19.9. The molecule has 2 aromatic carbocycles. The summed E-state index contributed by atoms with van der Waals surface area (Å²) in [7, 11) is 0. The molecule has 1 atom stereocenters. The van der Waals surface area contributed by atoms with E-state index < -0.39 is 17.1 Å². The summed E-state index contributed by atoms with van der Waals surface area (Å²) in [5, 5.41) is 8.88. The van der Waals surface area contributed by atoms with Crippen LogP contribution in [0, 0.1) is 0 Å². The van der Waals surface area contributed by atoms with Crippen molar-refractivity contribution in [1.82, 2.24) is 10.7 Å². The minimum Gasteiger partial charge on any atom is -0.352 e. The second-order valence-electron chi connectivity index (χ2n) is 5.90. The number of nitrogens with one attached hydrogen (secondary N) is 3. The molecule has 1 unspecified atom stereocenters. The average molecular weight is 417 g/mol. The monoisotopic (exact) mass is 416 g/mol. The van der Waals surface area contributed by atoms with Crippen LogP contribution in [0.2, 0.25) is 5.02 Å². The van der Waals surface area contributed by atoms with Gasteiger partial charge in [-0.2, -0.15) is 5.10 Å². The van der Waals surface area contributed by atoms with Gasteiger partial charge in [0, 0.05) is 13.0 Å². The Hall–Kier alpha value is -2.84. The molecule has 0 spiro atoms. The summed E-state index contributed by atoms with van der Waals surface area (Å²) in [6.45, 7) is 0.368. The number of amides is 3. The number of halogens is 1. The molecule has 9 heteroatoms. The SMILES string of the molecule is O=C(CC1SC(C(=O)Nc2ccccc2Cl)=NNC1=O)NCc1ccccc1. The second kappa shape index (κ2) is 9.38. The molecule has 0 radical (unpaired) electrons. The first-order valence-corrected chi connectivity index (χ1v) is 9.69. The highest BCUT2D eigenvalue weighted by molar-refractivity contribution is 8.16. The highest BCUT2D eigenvalue weighted by Gasteiger charge is 2.31. The van der Waals surface area contributed by atoms with Crippen molar-refractivity contribution in [2.45, 2.75) is 18.2 Å². The van der Waals surface area contributed by atoms with Crippen molar-refractivity contribution in [2.24, 2.45) is 5.10 Å². The molecule has 3 rings (SSSR count). The Balaban J connectivity index is 1.56. The second-order valence-corrected chi connectivity index (χ2v) is 7.50. The topological polar surface area (TPSA) is 99.7 Å². The van der Waals surface area contributed by atoms with Gasteiger partial charge in [-0.1, -0.05) is 65.8 Å². The van der Waals surface area contributed by atoms with Crippen LogP contribution < -0.4 is 16.1 Å². The van der Waals surface area contributed by atoms with Gasteiger partial charge in [0.15, 0.2) is 5.04 Å². The fourth-order valence-electron chi connectivity index (χ4n) is 2.41. The van der Waals surface area contributed by atoms with E-state index in [-0.39, 0.29) is 17.4 Å². The van der Waals surface area contributed by atoms with Crippen molar-refractivity contribution < 1.29 is 14.4 Å². The van der Waals surface area contributed by atoms with E-state index in [0.29, 0.717) is 17.3 Å². The van der Waals surface area contributed by atoms with E-state index in [4.69, 9.17) is 11.6 Å². The first-order valence-electron chi connectivity index (χ1n) is 8.43. The Kier molecular flexibility index (Phi) is 6.67. The summed E-state index contributed by atoms with van der Waals surface area (Å²) < 4.78 is 0. The van der Waals surface area contributed by atoms with Crippen molar-refractivity contribution in [3.63, 3.8) is 0 Å². The van der Waals surface area contributed by atoms with Crippen LogP contribution in [0.3, 0.4) is 0 Å². The largest absolute Gasteiger partial charge is 0.352 e. The van der Waals surface area contributed by atoms with E-state index in [9.17, 15) is 14.4 Å². The smallest absolute Gasteiger partial charge is 0.282 e. The predicted octanol–water partition coefficient (Wildman–Crippen LogP) is 2.53. The summed E-state index contributed by atoms with van der Waals surface area (Å²) in [5.74, 6) is -1.22. The lowest BCUT2D eigenvalue weighted by Gasteiger charge is -2.20. The molecule has 3 N–H and O–H groups in total. The van der Waals surface area contributed by atoms with Gasteiger partial charge in [-0.05, 0) is 17.7 Å². The van der Waals surface area contributed by atoms with Crippen molar-refractivity contribution in [1.29, 1.82) is 0 Å². The molecule has 2 aromatic rings. The summed E-state index contributed by atoms with van der Waals surface area (Å²) in [6, 6.07) is 16.2. The van der Waals surface area contributed by atoms with Crippen LogP contribution in [0.5, 0.6) is 0 Å². The third kappa shape index (κ3) is 5.34. The molecular weight excluding hydrogens is 400 g/mol. The molecule has 3 amide bonds. The average Bonchev–Trinajstić information content (AvgIpc) is 2.70. The number of benzene rings is 2. The van der Waals surface area contributed by atoms with Gasteiger partial charge in [0.2, 0.25) is 5.91 Å². The summed E-state index contributed by atoms with van der Waals surface area (Å²) in [5.41, 5.74) is 3.69. The molecule has 0 aliphatic carbocycles. The summed E-state index contributed by atoms with van der Waals surface area (Å²) in [4.78, 5) is 36.6. The molecule has 0 aromatic heterocycles. The van der Waals surface area contributed by atoms with E-state index in [1.165, 1.54) is 0 Å². The number of thioether (sulfide) groups is 1. The lowest BCUT2D eigenvalue weighted by Crippen LogP contribution is -2.41. The molecule has 1 heterocycles. The van der Waals surface area contributed by atoms with Gasteiger partial charge in [0.1, 0.15) is 5.25 Å². The number of rotatable bonds is 6. The van der Waals surface area contributed by atoms with Crippen molar-refractivity contribution in [2.75, 3.05) is 5.32 Å². The Labute approximate surface area is 170 Å². The maximum atomic E-state index is 12.4. The number of hydrogen-bond donors (Lipinski definition) is 3. The molecule has 1 aliphatic heterocycles. The maximum absolute atomic E-state index is 12.4. The first-order chi connectivity index (χ1) is 13.5. The highest BCUT2D eigenvalue weighted by atomic mass is 35.5. The fraction of sp³-hybridized carbons (Fsp3) is 0.158. The number of hydrazone groups is 1. The summed E-state index contributed by atoms with van der Waals surface area (Å²) >= 11 is 6.97. The standard InChI is InChI=1S/C19H17ClN4O3S/c20-13-8-4-5-9-14(13)22-18(27)19-24-23-17(26)15(28-19)10-16(25)21-11-12-6-2-1-3-7-12/h1-9,15H,10-11H2,(H,21,25)(H,22,27)(H,23,26). The van der Waals surface area contributed by atoms with Gasteiger partial charge in [-0.15, -0.1) is 0 Å². The number of anilines is 1. The van der Waals surface area contributed by atoms with E-state index in [0.717, 1.165) is 17.3 Å². The molecule has 0 saturated heterocycles. The Morgan fingerprint density at radius 3 is 2.57 bits per heavy atom. The van der Waals surface area contributed by atoms with Crippen LogP contribution in [-0.2, 0) is 20.9 Å². The van der Waals surface area contributed by atoms with E-state index in [2.05, 4.69) is 21.2 Å². The van der Waals surface area contributed by atoms with Gasteiger partial charge in [0.05, 0.1) is 10.7 Å². The Morgan fingerprint density at radius 1 is 1.11 bits per heavy atom. The zero-order valence-corrected chi connectivity index (χ0v) is 16.2. The Bertz CT molecular complexity index is 920. The molecule has 7 nitrogen and oxygen atoms in total. The van der Waals surface area contributed by atoms with E-state index >= 15 is 0 Å². The van der Waals surface area contributed by atoms with Gasteiger partial charge in [0.25, 0.3) is 11.8 Å². The molecule has 144 valence electrons. The Morgan fingerprint density at radius 2 is 1.82 bits per heavy atom. The highest BCUT2D eigenvalue weighted by Crippen LogP contribution is 2.24. The normalized spacial score (nSPS) is 16.0. The molecule has 0 bridgehead atoms. The fourth-order valence-corrected chi connectivity index (χ4v) is 3.51. The van der Waals surface area contributed by atoms with Crippen LogP contribution in [0.15, 0.2) is 59.7 Å². The lowest BCUT2D eigenvalue weighted by molar-refractivity contribution is -0.126. The third-order valence-corrected chi connectivity index (χ3v) is 5.33. The van der Waals surface area contributed by atoms with Gasteiger partial charge < -0.3 is 10.6 Å². The number of para-hydroxylation sites is 1. The lowest BCUT2D eigenvalue weighted by atomic mass is 10.2. The van der Waals surface area contributed by atoms with Crippen molar-refractivity contribution >= 4 is 51.8 Å². The number of nitrogens with zero attached hydrogens (tertiary/aromatic N) is 1. The van der Waals surface area contributed by atoms with E-state index in [1.807, 2.05) is 30.3 Å². The zero-order valence-electron chi connectivity index (χ0n) is 14.6. The van der Waals surface area contributed by atoms with Gasteiger partial charge >= 0.3 is 0 Å². The van der Waals surface area contributed by atoms with Gasteiger partial charge in [-0.25, -0.2) is 5.43 Å². The molecule has 0 saturated carbocycles. The van der Waals surface area contributed by atoms with Crippen LogP contribution >= 0.6 is 23.4 Å². The van der Waals surface area contributed by atoms with Crippen LogP contribution in [-0.4, -0.2) is 28.0 Å². The van der Waals surface area contributed by atoms with Crippen LogP contribution in [0.1, 0.15) is 12.0 Å². The molecule has 28 heavy (non-hydrogen) atoms. The van der Waals surface area contributed by atoms with Crippen molar-refractivity contribution in [3.8, 4) is 0 Å². The van der Waals surface area contributed by atoms with Crippen LogP contribution in [0.25, 0.3) is 0 Å². The molecular formula is C19H17ClN4O3S. The zero-order chi connectivity index (χ0) is 19.9. The number of carbonyl (C=O) groups is 3. The third-order valence-electron chi connectivity index (χ3n) is 3.83. The number of hydrogen-bond acceptors (Lipinski definition) is 5. The maximum Gasteiger partial charge on any atom is 0.282 e. The van der Waals surface area contributed by atoms with Crippen LogP contribution in [0.4, 0.5) is 5.69 Å². The molecule has 1 aliphatic rings. The van der Waals surface area contributed by atoms with E-state index in [1.54, 1.807) is 24.3 Å². The minimum absolute atomic E-state index is 0.0559. The number of carbonyl (C=O) groups excluding carboxylic acids is 3. The summed E-state index contributed by atoms with van der Waals surface area (Å²) in [6.07, 6.45) is -0.0677. The minimum atomic E-state index is -0.750. The predicted molar refractivity (Wildman–Crippen MR) is 110 cm³/mol. The molecule has 0 fully saturated rings. The quantitative estimate of drug-likeness (QED) is 0.673. The van der Waals surface area contributed by atoms with Gasteiger partial charge in [-0.3, -0.25) is 14.4 Å². The van der Waals surface area contributed by atoms with Crippen molar-refractivity contribution in [3.05, 3.63) is 65.2 Å².